The molecule has 0 saturated carbocycles. The Morgan fingerprint density at radius 1 is 1.12 bits per heavy atom. The van der Waals surface area contributed by atoms with Crippen LogP contribution < -0.4 is 5.63 Å². The van der Waals surface area contributed by atoms with Crippen molar-refractivity contribution in [2.24, 2.45) is 0 Å². The predicted molar refractivity (Wildman–Crippen MR) is 99.5 cm³/mol. The van der Waals surface area contributed by atoms with E-state index in [9.17, 15) is 9.59 Å². The van der Waals surface area contributed by atoms with Gasteiger partial charge in [-0.05, 0) is 36.8 Å². The molecule has 3 aromatic rings. The van der Waals surface area contributed by atoms with Crippen LogP contribution in [0.4, 0.5) is 0 Å². The molecule has 0 spiro atoms. The first-order chi connectivity index (χ1) is 11.9. The number of nitrogens with zero attached hydrogens (tertiary/aromatic N) is 1. The van der Waals surface area contributed by atoms with Crippen molar-refractivity contribution in [2.75, 3.05) is 7.05 Å². The average Bonchev–Trinajstić information content (AvgIpc) is 2.59. The lowest BCUT2D eigenvalue weighted by Gasteiger charge is -2.26. The number of para-hydroxylation sites is 1. The molecule has 1 aromatic heterocycles. The van der Waals surface area contributed by atoms with Crippen LogP contribution in [0.3, 0.4) is 0 Å². The molecule has 0 radical (unpaired) electrons. The summed E-state index contributed by atoms with van der Waals surface area (Å²) in [5, 5.41) is 1.67. The third-order valence-corrected chi connectivity index (χ3v) is 4.75. The molecule has 3 rings (SSSR count). The Balaban J connectivity index is 1.97. The Labute approximate surface area is 154 Å². The summed E-state index contributed by atoms with van der Waals surface area (Å²) in [5.41, 5.74) is 0.510. The Morgan fingerprint density at radius 3 is 2.56 bits per heavy atom. The van der Waals surface area contributed by atoms with E-state index in [0.29, 0.717) is 21.0 Å². The summed E-state index contributed by atoms with van der Waals surface area (Å²) in [5.74, 6) is -0.432. The first-order valence-electron chi connectivity index (χ1n) is 7.63. The molecule has 1 heterocycles. The van der Waals surface area contributed by atoms with Gasteiger partial charge in [0.15, 0.2) is 0 Å². The number of hydrogen-bond donors (Lipinski definition) is 0. The van der Waals surface area contributed by atoms with Crippen LogP contribution in [0.1, 0.15) is 28.9 Å². The second kappa shape index (κ2) is 6.90. The lowest BCUT2D eigenvalue weighted by molar-refractivity contribution is 0.0738. The molecular weight excluding hydrogens is 361 g/mol. The van der Waals surface area contributed by atoms with Crippen LogP contribution in [0.15, 0.2) is 57.7 Å². The monoisotopic (exact) mass is 375 g/mol. The summed E-state index contributed by atoms with van der Waals surface area (Å²) in [6, 6.07) is 13.4. The fourth-order valence-electron chi connectivity index (χ4n) is 2.63. The van der Waals surface area contributed by atoms with Crippen molar-refractivity contribution in [2.45, 2.75) is 13.0 Å². The third-order valence-electron chi connectivity index (χ3n) is 4.19. The first kappa shape index (κ1) is 17.5. The van der Waals surface area contributed by atoms with Crippen LogP contribution in [-0.4, -0.2) is 17.9 Å². The zero-order valence-corrected chi connectivity index (χ0v) is 15.1. The highest BCUT2D eigenvalue weighted by molar-refractivity contribution is 6.35. The van der Waals surface area contributed by atoms with Gasteiger partial charge in [0, 0.05) is 22.5 Å². The number of carbonyl (C=O) groups is 1. The van der Waals surface area contributed by atoms with Crippen molar-refractivity contribution < 1.29 is 9.21 Å². The maximum Gasteiger partial charge on any atom is 0.349 e. The van der Waals surface area contributed by atoms with Crippen LogP contribution >= 0.6 is 23.2 Å². The smallest absolute Gasteiger partial charge is 0.349 e. The van der Waals surface area contributed by atoms with E-state index in [0.717, 1.165) is 5.56 Å². The van der Waals surface area contributed by atoms with Gasteiger partial charge in [0.25, 0.3) is 5.91 Å². The van der Waals surface area contributed by atoms with Gasteiger partial charge in [-0.1, -0.05) is 47.5 Å². The fraction of sp³-hybridized carbons (Fsp3) is 0.158. The van der Waals surface area contributed by atoms with Crippen molar-refractivity contribution in [1.82, 2.24) is 4.90 Å². The number of amides is 1. The molecule has 0 saturated heterocycles. The summed E-state index contributed by atoms with van der Waals surface area (Å²) in [4.78, 5) is 26.4. The maximum atomic E-state index is 12.8. The van der Waals surface area contributed by atoms with E-state index < -0.39 is 11.5 Å². The maximum absolute atomic E-state index is 12.8. The lowest BCUT2D eigenvalue weighted by Crippen LogP contribution is -2.33. The summed E-state index contributed by atoms with van der Waals surface area (Å²) in [7, 11) is 1.62. The molecule has 0 aliphatic carbocycles. The first-order valence-corrected chi connectivity index (χ1v) is 8.39. The minimum Gasteiger partial charge on any atom is -0.422 e. The quantitative estimate of drug-likeness (QED) is 0.609. The second-order valence-electron chi connectivity index (χ2n) is 5.74. The van der Waals surface area contributed by atoms with Crippen molar-refractivity contribution in [3.63, 3.8) is 0 Å². The van der Waals surface area contributed by atoms with Gasteiger partial charge < -0.3 is 9.32 Å². The Morgan fingerprint density at radius 2 is 1.84 bits per heavy atom. The van der Waals surface area contributed by atoms with Gasteiger partial charge in [-0.25, -0.2) is 4.79 Å². The van der Waals surface area contributed by atoms with E-state index in [1.807, 2.05) is 13.0 Å². The molecule has 1 amide bonds. The highest BCUT2D eigenvalue weighted by atomic mass is 35.5. The van der Waals surface area contributed by atoms with E-state index in [1.165, 1.54) is 4.90 Å². The molecule has 2 aromatic carbocycles. The Hall–Kier alpha value is -2.30. The standard InChI is InChI=1S/C19H15Cl2NO3/c1-11(14-8-7-13(20)10-16(14)21)22(2)18(23)15-9-12-5-3-4-6-17(12)25-19(15)24/h3-11H,1-2H3/t11-/m0/s1. The molecule has 25 heavy (non-hydrogen) atoms. The number of hydrogen-bond acceptors (Lipinski definition) is 3. The molecular formula is C19H15Cl2NO3. The van der Waals surface area contributed by atoms with Crippen LogP contribution in [-0.2, 0) is 0 Å². The van der Waals surface area contributed by atoms with E-state index in [4.69, 9.17) is 27.6 Å². The molecule has 0 aliphatic rings. The summed E-state index contributed by atoms with van der Waals surface area (Å²) < 4.78 is 5.24. The Kier molecular flexibility index (Phi) is 4.84. The summed E-state index contributed by atoms with van der Waals surface area (Å²) in [6.07, 6.45) is 0. The molecule has 128 valence electrons. The molecule has 0 fully saturated rings. The third kappa shape index (κ3) is 3.41. The van der Waals surface area contributed by atoms with E-state index in [1.54, 1.807) is 49.5 Å². The topological polar surface area (TPSA) is 50.5 Å². The normalized spacial score (nSPS) is 12.2. The number of benzene rings is 2. The minimum atomic E-state index is -0.662. The zero-order valence-electron chi connectivity index (χ0n) is 13.6. The lowest BCUT2D eigenvalue weighted by atomic mass is 10.1. The largest absolute Gasteiger partial charge is 0.422 e. The SMILES string of the molecule is C[C@@H](c1ccc(Cl)cc1Cl)N(C)C(=O)c1cc2ccccc2oc1=O. The van der Waals surface area contributed by atoms with Crippen LogP contribution in [0, 0.1) is 0 Å². The van der Waals surface area contributed by atoms with Crippen molar-refractivity contribution in [3.05, 3.63) is 80.1 Å². The van der Waals surface area contributed by atoms with Gasteiger partial charge in [-0.15, -0.1) is 0 Å². The second-order valence-corrected chi connectivity index (χ2v) is 6.59. The van der Waals surface area contributed by atoms with Crippen molar-refractivity contribution in [1.29, 1.82) is 0 Å². The molecule has 0 aliphatic heterocycles. The van der Waals surface area contributed by atoms with Gasteiger partial charge in [0.2, 0.25) is 0 Å². The Bertz CT molecular complexity index is 1010. The highest BCUT2D eigenvalue weighted by Crippen LogP contribution is 2.29. The van der Waals surface area contributed by atoms with Gasteiger partial charge in [-0.3, -0.25) is 4.79 Å². The van der Waals surface area contributed by atoms with Gasteiger partial charge >= 0.3 is 5.63 Å². The van der Waals surface area contributed by atoms with E-state index in [2.05, 4.69) is 0 Å². The molecule has 0 bridgehead atoms. The number of carbonyl (C=O) groups excluding carboxylic acids is 1. The van der Waals surface area contributed by atoms with Crippen LogP contribution in [0.25, 0.3) is 11.0 Å². The minimum absolute atomic E-state index is 0.0156. The number of halogens is 2. The van der Waals surface area contributed by atoms with Crippen molar-refractivity contribution in [3.8, 4) is 0 Å². The molecule has 4 nitrogen and oxygen atoms in total. The average molecular weight is 376 g/mol. The molecule has 0 N–H and O–H groups in total. The van der Waals surface area contributed by atoms with Gasteiger partial charge in [0.05, 0.1) is 6.04 Å². The summed E-state index contributed by atoms with van der Waals surface area (Å²) >= 11 is 12.1. The molecule has 0 unspecified atom stereocenters. The predicted octanol–water partition coefficient (Wildman–Crippen LogP) is 4.93. The van der Waals surface area contributed by atoms with Gasteiger partial charge in [-0.2, -0.15) is 0 Å². The number of fused-ring (bicyclic) bond motifs is 1. The summed E-state index contributed by atoms with van der Waals surface area (Å²) in [6.45, 7) is 1.83. The fourth-order valence-corrected chi connectivity index (χ4v) is 3.19. The van der Waals surface area contributed by atoms with Crippen LogP contribution in [0.5, 0.6) is 0 Å². The number of rotatable bonds is 3. The molecule has 6 heteroatoms. The molecule has 1 atom stereocenters. The van der Waals surface area contributed by atoms with E-state index >= 15 is 0 Å². The van der Waals surface area contributed by atoms with E-state index in [-0.39, 0.29) is 11.6 Å². The van der Waals surface area contributed by atoms with Gasteiger partial charge in [0.1, 0.15) is 11.1 Å². The van der Waals surface area contributed by atoms with Crippen LogP contribution in [0.2, 0.25) is 10.0 Å². The highest BCUT2D eigenvalue weighted by Gasteiger charge is 2.24. The zero-order chi connectivity index (χ0) is 18.1. The van der Waals surface area contributed by atoms with Crippen molar-refractivity contribution >= 4 is 40.1 Å².